The molecule has 0 saturated carbocycles. The third-order valence-electron chi connectivity index (χ3n) is 2.56. The number of nitrogens with zero attached hydrogens (tertiary/aromatic N) is 1. The number of hydrogen-bond acceptors (Lipinski definition) is 5. The van der Waals surface area contributed by atoms with Crippen LogP contribution in [0.2, 0.25) is 0 Å². The van der Waals surface area contributed by atoms with Gasteiger partial charge in [0.2, 0.25) is 0 Å². The molecule has 1 amide bonds. The van der Waals surface area contributed by atoms with Crippen molar-refractivity contribution in [3.05, 3.63) is 38.3 Å². The minimum absolute atomic E-state index is 0.408. The van der Waals surface area contributed by atoms with Gasteiger partial charge in [0, 0.05) is 6.07 Å². The first kappa shape index (κ1) is 15.3. The Morgan fingerprint density at radius 3 is 2.50 bits per heavy atom. The van der Waals surface area contributed by atoms with Gasteiger partial charge >= 0.3 is 5.97 Å². The first-order valence-electron chi connectivity index (χ1n) is 5.64. The normalized spacial score (nSPS) is 11.9. The van der Waals surface area contributed by atoms with Crippen molar-refractivity contribution in [1.29, 1.82) is 0 Å². The molecule has 0 aromatic carbocycles. The van der Waals surface area contributed by atoms with Gasteiger partial charge < -0.3 is 15.4 Å². The molecule has 0 saturated heterocycles. The van der Waals surface area contributed by atoms with Crippen LogP contribution in [0.5, 0.6) is 0 Å². The van der Waals surface area contributed by atoms with Crippen LogP contribution in [0.4, 0.5) is 5.69 Å². The molecule has 1 atom stereocenters. The molecule has 9 heteroatoms. The summed E-state index contributed by atoms with van der Waals surface area (Å²) in [7, 11) is 0. The Kier molecular flexibility index (Phi) is 4.57. The number of rotatable bonds is 5. The van der Waals surface area contributed by atoms with E-state index in [0.717, 1.165) is 12.3 Å². The lowest BCUT2D eigenvalue weighted by atomic mass is 10.0. The quantitative estimate of drug-likeness (QED) is 0.517. The van der Waals surface area contributed by atoms with E-state index in [1.165, 1.54) is 0 Å². The van der Waals surface area contributed by atoms with Crippen molar-refractivity contribution < 1.29 is 19.6 Å². The van der Waals surface area contributed by atoms with Crippen LogP contribution in [0.15, 0.2) is 17.1 Å². The summed E-state index contributed by atoms with van der Waals surface area (Å²) in [5.41, 5.74) is -1.81. The largest absolute Gasteiger partial charge is 0.480 e. The number of H-pyrrole nitrogens is 1. The summed E-state index contributed by atoms with van der Waals surface area (Å²) in [6.45, 7) is 3.16. The number of amides is 1. The van der Waals surface area contributed by atoms with Gasteiger partial charge in [0.05, 0.1) is 11.1 Å². The predicted molar refractivity (Wildman–Crippen MR) is 67.4 cm³/mol. The third kappa shape index (κ3) is 3.40. The predicted octanol–water partition coefficient (Wildman–Crippen LogP) is 0.122. The number of carboxylic acids is 1. The summed E-state index contributed by atoms with van der Waals surface area (Å²) in [6.07, 6.45) is 0.857. The molecule has 9 nitrogen and oxygen atoms in total. The highest BCUT2D eigenvalue weighted by Crippen LogP contribution is 2.09. The molecule has 108 valence electrons. The van der Waals surface area contributed by atoms with E-state index < -0.39 is 45.6 Å². The van der Waals surface area contributed by atoms with Gasteiger partial charge in [-0.2, -0.15) is 0 Å². The van der Waals surface area contributed by atoms with Crippen molar-refractivity contribution in [2.75, 3.05) is 0 Å². The van der Waals surface area contributed by atoms with Crippen LogP contribution >= 0.6 is 0 Å². The van der Waals surface area contributed by atoms with E-state index in [4.69, 9.17) is 5.11 Å². The molecule has 1 heterocycles. The van der Waals surface area contributed by atoms with E-state index in [1.54, 1.807) is 13.8 Å². The zero-order valence-electron chi connectivity index (χ0n) is 10.7. The fraction of sp³-hybridized carbons (Fsp3) is 0.364. The van der Waals surface area contributed by atoms with E-state index >= 15 is 0 Å². The molecular weight excluding hydrogens is 270 g/mol. The van der Waals surface area contributed by atoms with E-state index in [2.05, 4.69) is 10.3 Å². The van der Waals surface area contributed by atoms with E-state index in [1.807, 2.05) is 0 Å². The Bertz CT molecular complexity index is 606. The van der Waals surface area contributed by atoms with Crippen molar-refractivity contribution in [2.45, 2.75) is 19.9 Å². The first-order chi connectivity index (χ1) is 9.23. The molecular formula is C11H13N3O6. The average molecular weight is 283 g/mol. The highest BCUT2D eigenvalue weighted by Gasteiger charge is 2.25. The van der Waals surface area contributed by atoms with Crippen LogP contribution in [0.25, 0.3) is 0 Å². The summed E-state index contributed by atoms with van der Waals surface area (Å²) in [4.78, 5) is 46.1. The number of nitro groups is 1. The minimum Gasteiger partial charge on any atom is -0.480 e. The molecule has 0 spiro atoms. The number of nitrogens with one attached hydrogen (secondary N) is 2. The molecule has 0 unspecified atom stereocenters. The van der Waals surface area contributed by atoms with Crippen LogP contribution < -0.4 is 10.9 Å². The van der Waals surface area contributed by atoms with Gasteiger partial charge in [-0.3, -0.25) is 19.7 Å². The van der Waals surface area contributed by atoms with E-state index in [-0.39, 0.29) is 0 Å². The SMILES string of the molecule is CC(C)[C@H](NC(=O)c1cc([N+](=O)[O-])c[nH]c1=O)C(=O)O. The Labute approximate surface area is 112 Å². The van der Waals surface area contributed by atoms with Gasteiger partial charge in [-0.05, 0) is 5.92 Å². The van der Waals surface area contributed by atoms with Crippen molar-refractivity contribution >= 4 is 17.6 Å². The van der Waals surface area contributed by atoms with Gasteiger partial charge in [-0.1, -0.05) is 13.8 Å². The zero-order chi connectivity index (χ0) is 15.4. The Morgan fingerprint density at radius 2 is 2.05 bits per heavy atom. The molecule has 0 bridgehead atoms. The van der Waals surface area contributed by atoms with Gasteiger partial charge in [0.15, 0.2) is 0 Å². The summed E-state index contributed by atoms with van der Waals surface area (Å²) < 4.78 is 0. The van der Waals surface area contributed by atoms with Gasteiger partial charge in [-0.25, -0.2) is 4.79 Å². The monoisotopic (exact) mass is 283 g/mol. The Morgan fingerprint density at radius 1 is 1.45 bits per heavy atom. The number of carbonyl (C=O) groups is 2. The lowest BCUT2D eigenvalue weighted by Crippen LogP contribution is -2.45. The average Bonchev–Trinajstić information content (AvgIpc) is 2.34. The van der Waals surface area contributed by atoms with Crippen LogP contribution in [0.1, 0.15) is 24.2 Å². The number of hydrogen-bond donors (Lipinski definition) is 3. The third-order valence-corrected chi connectivity index (χ3v) is 2.56. The molecule has 0 aliphatic carbocycles. The highest BCUT2D eigenvalue weighted by atomic mass is 16.6. The zero-order valence-corrected chi connectivity index (χ0v) is 10.7. The number of aromatic nitrogens is 1. The summed E-state index contributed by atoms with van der Waals surface area (Å²) in [5, 5.41) is 21.7. The molecule has 0 aliphatic heterocycles. The van der Waals surface area contributed by atoms with Crippen LogP contribution in [0.3, 0.4) is 0 Å². The van der Waals surface area contributed by atoms with Gasteiger partial charge in [0.25, 0.3) is 17.2 Å². The van der Waals surface area contributed by atoms with Crippen LogP contribution in [-0.2, 0) is 4.79 Å². The maximum absolute atomic E-state index is 11.8. The topological polar surface area (TPSA) is 142 Å². The van der Waals surface area contributed by atoms with E-state index in [9.17, 15) is 24.5 Å². The second-order valence-corrected chi connectivity index (χ2v) is 4.39. The number of pyridine rings is 1. The lowest BCUT2D eigenvalue weighted by Gasteiger charge is -2.17. The second-order valence-electron chi connectivity index (χ2n) is 4.39. The van der Waals surface area contributed by atoms with Gasteiger partial charge in [0.1, 0.15) is 11.6 Å². The summed E-state index contributed by atoms with van der Waals surface area (Å²) in [5.74, 6) is -2.64. The summed E-state index contributed by atoms with van der Waals surface area (Å²) in [6, 6.07) is -0.394. The van der Waals surface area contributed by atoms with Crippen molar-refractivity contribution in [2.24, 2.45) is 5.92 Å². The van der Waals surface area contributed by atoms with Crippen LogP contribution in [0, 0.1) is 16.0 Å². The van der Waals surface area contributed by atoms with Gasteiger partial charge in [-0.15, -0.1) is 0 Å². The molecule has 1 aromatic rings. The van der Waals surface area contributed by atoms with Crippen LogP contribution in [-0.4, -0.2) is 32.9 Å². The molecule has 0 radical (unpaired) electrons. The molecule has 0 fully saturated rings. The van der Waals surface area contributed by atoms with Crippen molar-refractivity contribution in [3.8, 4) is 0 Å². The van der Waals surface area contributed by atoms with Crippen molar-refractivity contribution in [1.82, 2.24) is 10.3 Å². The highest BCUT2D eigenvalue weighted by molar-refractivity contribution is 5.96. The fourth-order valence-electron chi connectivity index (χ4n) is 1.48. The molecule has 3 N–H and O–H groups in total. The number of aromatic amines is 1. The second kappa shape index (κ2) is 5.95. The Hall–Kier alpha value is -2.71. The molecule has 1 aromatic heterocycles. The number of aliphatic carboxylic acids is 1. The fourth-order valence-corrected chi connectivity index (χ4v) is 1.48. The smallest absolute Gasteiger partial charge is 0.326 e. The van der Waals surface area contributed by atoms with E-state index in [0.29, 0.717) is 0 Å². The lowest BCUT2D eigenvalue weighted by molar-refractivity contribution is -0.385. The molecule has 20 heavy (non-hydrogen) atoms. The summed E-state index contributed by atoms with van der Waals surface area (Å²) >= 11 is 0. The molecule has 0 aliphatic rings. The maximum Gasteiger partial charge on any atom is 0.326 e. The first-order valence-corrected chi connectivity index (χ1v) is 5.64. The molecule has 1 rings (SSSR count). The van der Waals surface area contributed by atoms with Crippen molar-refractivity contribution in [3.63, 3.8) is 0 Å². The standard InChI is InChI=1S/C11H13N3O6/c1-5(2)8(11(17)18)13-10(16)7-3-6(14(19)20)4-12-9(7)15/h3-5,8H,1-2H3,(H,12,15)(H,13,16)(H,17,18)/t8-/m0/s1. The maximum atomic E-state index is 11.8. The Balaban J connectivity index is 3.09. The number of carboxylic acid groups (broad SMARTS) is 1. The number of carbonyl (C=O) groups excluding carboxylic acids is 1. The minimum atomic E-state index is -1.25.